The number of methoxy groups -OCH3 is 1. The lowest BCUT2D eigenvalue weighted by Crippen LogP contribution is -2.52. The predicted molar refractivity (Wildman–Crippen MR) is 101 cm³/mol. The number of benzene rings is 2. The van der Waals surface area contributed by atoms with Crippen molar-refractivity contribution < 1.29 is 9.47 Å². The first-order valence-electron chi connectivity index (χ1n) is 8.89. The number of nitrogens with zero attached hydrogens (tertiary/aromatic N) is 5. The summed E-state index contributed by atoms with van der Waals surface area (Å²) in [5.41, 5.74) is 6.97. The van der Waals surface area contributed by atoms with E-state index in [0.717, 1.165) is 30.2 Å². The summed E-state index contributed by atoms with van der Waals surface area (Å²) in [6.07, 6.45) is 0.792. The summed E-state index contributed by atoms with van der Waals surface area (Å²) in [5, 5.41) is 12.2. The van der Waals surface area contributed by atoms with Gasteiger partial charge in [0.15, 0.2) is 0 Å². The van der Waals surface area contributed by atoms with E-state index in [9.17, 15) is 0 Å². The number of piperidine rings is 1. The number of para-hydroxylation sites is 1. The normalized spacial score (nSPS) is 19.9. The van der Waals surface area contributed by atoms with Crippen molar-refractivity contribution in [2.45, 2.75) is 18.6 Å². The Hall–Kier alpha value is -2.97. The van der Waals surface area contributed by atoms with Gasteiger partial charge in [0, 0.05) is 26.2 Å². The van der Waals surface area contributed by atoms with Gasteiger partial charge in [0.1, 0.15) is 11.5 Å². The second-order valence-electron chi connectivity index (χ2n) is 6.47. The molecule has 0 unspecified atom stereocenters. The van der Waals surface area contributed by atoms with E-state index in [2.05, 4.69) is 20.4 Å². The lowest BCUT2D eigenvalue weighted by molar-refractivity contribution is 0.0725. The number of ether oxygens (including phenoxy) is 2. The zero-order valence-corrected chi connectivity index (χ0v) is 15.1. The van der Waals surface area contributed by atoms with Gasteiger partial charge in [-0.05, 0) is 53.2 Å². The van der Waals surface area contributed by atoms with Crippen LogP contribution in [0, 0.1) is 0 Å². The van der Waals surface area contributed by atoms with Crippen molar-refractivity contribution in [1.29, 1.82) is 0 Å². The molecule has 2 atom stereocenters. The van der Waals surface area contributed by atoms with Crippen molar-refractivity contribution in [1.82, 2.24) is 20.2 Å². The summed E-state index contributed by atoms with van der Waals surface area (Å²) >= 11 is 0. The van der Waals surface area contributed by atoms with Gasteiger partial charge in [0.25, 0.3) is 0 Å². The van der Waals surface area contributed by atoms with Gasteiger partial charge in [-0.1, -0.05) is 23.3 Å². The maximum Gasteiger partial charge on any atom is 0.250 e. The second-order valence-corrected chi connectivity index (χ2v) is 6.47. The first kappa shape index (κ1) is 17.4. The molecule has 3 aromatic rings. The lowest BCUT2D eigenvalue weighted by Gasteiger charge is -2.35. The van der Waals surface area contributed by atoms with E-state index >= 15 is 0 Å². The van der Waals surface area contributed by atoms with Crippen molar-refractivity contribution in [2.24, 2.45) is 5.73 Å². The Bertz CT molecular complexity index is 867. The molecule has 4 rings (SSSR count). The molecular formula is C19H22N6O2. The molecular weight excluding hydrogens is 344 g/mol. The van der Waals surface area contributed by atoms with Gasteiger partial charge in [0.05, 0.1) is 11.8 Å². The van der Waals surface area contributed by atoms with Crippen LogP contribution in [0.3, 0.4) is 0 Å². The Morgan fingerprint density at radius 2 is 1.78 bits per heavy atom. The molecule has 0 aliphatic carbocycles. The SMILES string of the molecule is CO[C@H]1CN(c2nnnn2-c2ccc(Oc3ccccc3)cc2)CC[C@H]1N. The number of tetrazole rings is 1. The molecule has 2 heterocycles. The van der Waals surface area contributed by atoms with E-state index in [1.807, 2.05) is 54.6 Å². The van der Waals surface area contributed by atoms with Gasteiger partial charge in [-0.2, -0.15) is 4.68 Å². The Balaban J connectivity index is 1.52. The first-order valence-corrected chi connectivity index (χ1v) is 8.89. The second kappa shape index (κ2) is 7.73. The van der Waals surface area contributed by atoms with Crippen LogP contribution >= 0.6 is 0 Å². The van der Waals surface area contributed by atoms with Gasteiger partial charge in [-0.3, -0.25) is 0 Å². The average molecular weight is 366 g/mol. The van der Waals surface area contributed by atoms with Gasteiger partial charge < -0.3 is 20.1 Å². The molecule has 0 amide bonds. The molecule has 8 nitrogen and oxygen atoms in total. The number of aromatic nitrogens is 4. The first-order chi connectivity index (χ1) is 13.2. The van der Waals surface area contributed by atoms with Crippen molar-refractivity contribution in [3.05, 3.63) is 54.6 Å². The van der Waals surface area contributed by atoms with Crippen molar-refractivity contribution in [3.8, 4) is 17.2 Å². The summed E-state index contributed by atoms with van der Waals surface area (Å²) in [6.45, 7) is 1.45. The van der Waals surface area contributed by atoms with Crippen LogP contribution in [-0.4, -0.2) is 52.6 Å². The Kier molecular flexibility index (Phi) is 4.99. The van der Waals surface area contributed by atoms with E-state index in [4.69, 9.17) is 15.2 Å². The minimum Gasteiger partial charge on any atom is -0.457 e. The molecule has 8 heteroatoms. The molecule has 0 spiro atoms. The highest BCUT2D eigenvalue weighted by atomic mass is 16.5. The lowest BCUT2D eigenvalue weighted by atomic mass is 10.0. The third kappa shape index (κ3) is 3.76. The molecule has 2 aromatic carbocycles. The fraction of sp³-hybridized carbons (Fsp3) is 0.316. The van der Waals surface area contributed by atoms with Gasteiger partial charge in [-0.25, -0.2) is 0 Å². The molecule has 1 saturated heterocycles. The molecule has 2 N–H and O–H groups in total. The van der Waals surface area contributed by atoms with Crippen LogP contribution in [0.15, 0.2) is 54.6 Å². The summed E-state index contributed by atoms with van der Waals surface area (Å²) < 4.78 is 13.0. The smallest absolute Gasteiger partial charge is 0.250 e. The van der Waals surface area contributed by atoms with Crippen LogP contribution in [0.1, 0.15) is 6.42 Å². The summed E-state index contributed by atoms with van der Waals surface area (Å²) in [7, 11) is 1.68. The van der Waals surface area contributed by atoms with Crippen LogP contribution in [0.5, 0.6) is 11.5 Å². The Morgan fingerprint density at radius 1 is 1.04 bits per heavy atom. The molecule has 0 bridgehead atoms. The maximum absolute atomic E-state index is 6.11. The van der Waals surface area contributed by atoms with E-state index in [0.29, 0.717) is 12.5 Å². The highest BCUT2D eigenvalue weighted by Gasteiger charge is 2.29. The monoisotopic (exact) mass is 366 g/mol. The average Bonchev–Trinajstić information content (AvgIpc) is 3.19. The highest BCUT2D eigenvalue weighted by molar-refractivity contribution is 5.44. The Labute approximate surface area is 157 Å². The number of anilines is 1. The van der Waals surface area contributed by atoms with Gasteiger partial charge >= 0.3 is 0 Å². The maximum atomic E-state index is 6.11. The van der Waals surface area contributed by atoms with E-state index in [1.165, 1.54) is 0 Å². The van der Waals surface area contributed by atoms with Crippen molar-refractivity contribution >= 4 is 5.95 Å². The van der Waals surface area contributed by atoms with Crippen molar-refractivity contribution in [3.63, 3.8) is 0 Å². The zero-order valence-electron chi connectivity index (χ0n) is 15.1. The van der Waals surface area contributed by atoms with Crippen LogP contribution < -0.4 is 15.4 Å². The molecule has 0 radical (unpaired) electrons. The number of nitrogens with two attached hydrogens (primary N) is 1. The molecule has 0 saturated carbocycles. The quantitative estimate of drug-likeness (QED) is 0.738. The molecule has 1 aliphatic heterocycles. The molecule has 1 fully saturated rings. The summed E-state index contributed by atoms with van der Waals surface area (Å²) in [4.78, 5) is 2.10. The minimum atomic E-state index is -0.0365. The van der Waals surface area contributed by atoms with Gasteiger partial charge in [-0.15, -0.1) is 0 Å². The van der Waals surface area contributed by atoms with Gasteiger partial charge in [0.2, 0.25) is 5.95 Å². The van der Waals surface area contributed by atoms with E-state index in [-0.39, 0.29) is 12.1 Å². The van der Waals surface area contributed by atoms with E-state index < -0.39 is 0 Å². The topological polar surface area (TPSA) is 91.3 Å². The van der Waals surface area contributed by atoms with Crippen LogP contribution in [-0.2, 0) is 4.74 Å². The predicted octanol–water partition coefficient (Wildman–Crippen LogP) is 2.01. The number of rotatable bonds is 5. The third-order valence-electron chi connectivity index (χ3n) is 4.71. The molecule has 1 aromatic heterocycles. The number of hydrogen-bond acceptors (Lipinski definition) is 7. The summed E-state index contributed by atoms with van der Waals surface area (Å²) in [6, 6.07) is 17.4. The zero-order chi connectivity index (χ0) is 18.6. The Morgan fingerprint density at radius 3 is 2.52 bits per heavy atom. The largest absolute Gasteiger partial charge is 0.457 e. The fourth-order valence-electron chi connectivity index (χ4n) is 3.19. The molecule has 27 heavy (non-hydrogen) atoms. The van der Waals surface area contributed by atoms with Crippen LogP contribution in [0.4, 0.5) is 5.95 Å². The molecule has 140 valence electrons. The van der Waals surface area contributed by atoms with Crippen LogP contribution in [0.2, 0.25) is 0 Å². The fourth-order valence-corrected chi connectivity index (χ4v) is 3.19. The number of hydrogen-bond donors (Lipinski definition) is 1. The molecule has 1 aliphatic rings. The standard InChI is InChI=1S/C19H22N6O2/c1-26-18-13-24(12-11-17(18)20)19-21-22-23-25(19)14-7-9-16(10-8-14)27-15-5-3-2-4-6-15/h2-10,17-18H,11-13,20H2,1H3/t17-,18+/m1/s1. The summed E-state index contributed by atoms with van der Waals surface area (Å²) in [5.74, 6) is 2.23. The van der Waals surface area contributed by atoms with Crippen LogP contribution in [0.25, 0.3) is 5.69 Å². The van der Waals surface area contributed by atoms with E-state index in [1.54, 1.807) is 11.8 Å². The van der Waals surface area contributed by atoms with Crippen molar-refractivity contribution in [2.75, 3.05) is 25.1 Å². The highest BCUT2D eigenvalue weighted by Crippen LogP contribution is 2.24. The minimum absolute atomic E-state index is 0.0324. The third-order valence-corrected chi connectivity index (χ3v) is 4.71.